The normalized spacial score (nSPS) is 21.1. The molecule has 2 saturated heterocycles. The van der Waals surface area contributed by atoms with Gasteiger partial charge in [-0.3, -0.25) is 14.5 Å². The lowest BCUT2D eigenvalue weighted by molar-refractivity contribution is -0.136. The second kappa shape index (κ2) is 9.06. The Morgan fingerprint density at radius 1 is 1.19 bits per heavy atom. The monoisotopic (exact) mass is 372 g/mol. The molecular formula is C19H24N4O2S. The molecule has 0 bridgehead atoms. The molecule has 1 atom stereocenters. The number of hydrogen-bond acceptors (Lipinski definition) is 5. The highest BCUT2D eigenvalue weighted by Gasteiger charge is 2.27. The van der Waals surface area contributed by atoms with Gasteiger partial charge in [0.1, 0.15) is 6.07 Å². The molecule has 0 aliphatic carbocycles. The zero-order chi connectivity index (χ0) is 18.4. The number of carbonyl (C=O) groups excluding carboxylic acids is 2. The van der Waals surface area contributed by atoms with Gasteiger partial charge >= 0.3 is 11.8 Å². The van der Waals surface area contributed by atoms with Gasteiger partial charge in [0.15, 0.2) is 0 Å². The molecule has 7 heteroatoms. The zero-order valence-corrected chi connectivity index (χ0v) is 15.6. The maximum Gasteiger partial charge on any atom is 0.313 e. The molecule has 26 heavy (non-hydrogen) atoms. The highest BCUT2D eigenvalue weighted by atomic mass is 32.2. The first kappa shape index (κ1) is 18.7. The number of benzene rings is 1. The smallest absolute Gasteiger partial charge is 0.313 e. The lowest BCUT2D eigenvalue weighted by Gasteiger charge is -2.35. The minimum atomic E-state index is -0.729. The molecule has 0 aromatic heterocycles. The van der Waals surface area contributed by atoms with Crippen LogP contribution in [-0.4, -0.2) is 53.9 Å². The number of carbonyl (C=O) groups is 2. The van der Waals surface area contributed by atoms with E-state index in [1.807, 2.05) is 17.8 Å². The van der Waals surface area contributed by atoms with Crippen molar-refractivity contribution in [3.63, 3.8) is 0 Å². The standard InChI is InChI=1S/C19H24N4O2S/c20-11-15-3-1-2-4-17(15)22-19(25)18(24)21-12-14-5-8-23(9-6-14)16-7-10-26-13-16/h1-4,14,16H,5-10,12-13H2,(H,21,24)(H,22,25)/t16-/m1/s1. The Labute approximate surface area is 158 Å². The van der Waals surface area contributed by atoms with E-state index >= 15 is 0 Å². The molecule has 2 aliphatic heterocycles. The highest BCUT2D eigenvalue weighted by Crippen LogP contribution is 2.26. The number of anilines is 1. The first-order chi connectivity index (χ1) is 12.7. The van der Waals surface area contributed by atoms with Gasteiger partial charge in [-0.15, -0.1) is 0 Å². The fourth-order valence-electron chi connectivity index (χ4n) is 3.52. The molecule has 0 unspecified atom stereocenters. The van der Waals surface area contributed by atoms with Crippen molar-refractivity contribution in [2.45, 2.75) is 25.3 Å². The molecule has 3 rings (SSSR count). The fraction of sp³-hybridized carbons (Fsp3) is 0.526. The Hall–Kier alpha value is -2.04. The van der Waals surface area contributed by atoms with Gasteiger partial charge in [0.05, 0.1) is 11.3 Å². The van der Waals surface area contributed by atoms with E-state index < -0.39 is 11.8 Å². The summed E-state index contributed by atoms with van der Waals surface area (Å²) >= 11 is 2.03. The van der Waals surface area contributed by atoms with Gasteiger partial charge in [-0.2, -0.15) is 17.0 Å². The van der Waals surface area contributed by atoms with Crippen LogP contribution in [0.4, 0.5) is 5.69 Å². The second-order valence-corrected chi connectivity index (χ2v) is 7.97. The maximum atomic E-state index is 12.0. The molecule has 2 heterocycles. The molecule has 2 fully saturated rings. The van der Waals surface area contributed by atoms with E-state index in [-0.39, 0.29) is 0 Å². The van der Waals surface area contributed by atoms with E-state index in [0.29, 0.717) is 23.7 Å². The van der Waals surface area contributed by atoms with Gasteiger partial charge in [-0.25, -0.2) is 0 Å². The summed E-state index contributed by atoms with van der Waals surface area (Å²) in [6, 6.07) is 9.36. The van der Waals surface area contributed by atoms with E-state index in [9.17, 15) is 9.59 Å². The van der Waals surface area contributed by atoms with Crippen LogP contribution in [0.3, 0.4) is 0 Å². The minimum Gasteiger partial charge on any atom is -0.348 e. The number of nitrogens with zero attached hydrogens (tertiary/aromatic N) is 2. The molecule has 0 radical (unpaired) electrons. The predicted molar refractivity (Wildman–Crippen MR) is 103 cm³/mol. The second-order valence-electron chi connectivity index (χ2n) is 6.82. The van der Waals surface area contributed by atoms with Crippen molar-refractivity contribution in [3.05, 3.63) is 29.8 Å². The van der Waals surface area contributed by atoms with E-state index in [0.717, 1.165) is 32.0 Å². The molecule has 6 nitrogen and oxygen atoms in total. The Balaban J connectivity index is 1.41. The van der Waals surface area contributed by atoms with Crippen LogP contribution in [0.15, 0.2) is 24.3 Å². The van der Waals surface area contributed by atoms with Crippen molar-refractivity contribution in [2.24, 2.45) is 5.92 Å². The van der Waals surface area contributed by atoms with Crippen LogP contribution in [0, 0.1) is 17.2 Å². The summed E-state index contributed by atoms with van der Waals surface area (Å²) in [4.78, 5) is 26.7. The van der Waals surface area contributed by atoms with Crippen molar-refractivity contribution >= 4 is 29.3 Å². The SMILES string of the molecule is N#Cc1ccccc1NC(=O)C(=O)NCC1CCN([C@@H]2CCSC2)CC1. The zero-order valence-electron chi connectivity index (χ0n) is 14.7. The molecule has 0 saturated carbocycles. The molecule has 2 aliphatic rings. The number of para-hydroxylation sites is 1. The summed E-state index contributed by atoms with van der Waals surface area (Å²) in [5.41, 5.74) is 0.698. The Kier molecular flexibility index (Phi) is 6.53. The molecular weight excluding hydrogens is 348 g/mol. The van der Waals surface area contributed by atoms with Gasteiger partial charge in [0.2, 0.25) is 0 Å². The van der Waals surface area contributed by atoms with E-state index in [4.69, 9.17) is 5.26 Å². The number of amides is 2. The van der Waals surface area contributed by atoms with Crippen LogP contribution in [0.25, 0.3) is 0 Å². The number of rotatable bonds is 4. The Morgan fingerprint density at radius 3 is 2.65 bits per heavy atom. The summed E-state index contributed by atoms with van der Waals surface area (Å²) in [5, 5.41) is 14.3. The van der Waals surface area contributed by atoms with Crippen LogP contribution in [0.1, 0.15) is 24.8 Å². The molecule has 2 amide bonds. The summed E-state index contributed by atoms with van der Waals surface area (Å²) in [6.07, 6.45) is 3.40. The van der Waals surface area contributed by atoms with Crippen molar-refractivity contribution < 1.29 is 9.59 Å². The van der Waals surface area contributed by atoms with Crippen LogP contribution in [-0.2, 0) is 9.59 Å². The van der Waals surface area contributed by atoms with Crippen molar-refractivity contribution in [2.75, 3.05) is 36.5 Å². The predicted octanol–water partition coefficient (Wildman–Crippen LogP) is 1.83. The van der Waals surface area contributed by atoms with Gasteiger partial charge in [0, 0.05) is 18.3 Å². The number of thioether (sulfide) groups is 1. The third-order valence-corrected chi connectivity index (χ3v) is 6.27. The van der Waals surface area contributed by atoms with E-state index in [1.54, 1.807) is 24.3 Å². The molecule has 0 spiro atoms. The number of nitriles is 1. The highest BCUT2D eigenvalue weighted by molar-refractivity contribution is 7.99. The number of nitrogens with one attached hydrogen (secondary N) is 2. The number of piperidine rings is 1. The summed E-state index contributed by atoms with van der Waals surface area (Å²) in [5.74, 6) is 1.56. The largest absolute Gasteiger partial charge is 0.348 e. The van der Waals surface area contributed by atoms with Gasteiger partial charge in [0.25, 0.3) is 0 Å². The average molecular weight is 372 g/mol. The quantitative estimate of drug-likeness (QED) is 0.788. The maximum absolute atomic E-state index is 12.0. The first-order valence-corrected chi connectivity index (χ1v) is 10.2. The fourth-order valence-corrected chi connectivity index (χ4v) is 4.77. The molecule has 138 valence electrons. The molecule has 2 N–H and O–H groups in total. The lowest BCUT2D eigenvalue weighted by atomic mass is 9.95. The Bertz CT molecular complexity index is 689. The van der Waals surface area contributed by atoms with Crippen LogP contribution >= 0.6 is 11.8 Å². The van der Waals surface area contributed by atoms with Gasteiger partial charge in [-0.1, -0.05) is 12.1 Å². The average Bonchev–Trinajstić information content (AvgIpc) is 3.21. The summed E-state index contributed by atoms with van der Waals surface area (Å²) < 4.78 is 0. The van der Waals surface area contributed by atoms with Crippen LogP contribution in [0.5, 0.6) is 0 Å². The molecule has 1 aromatic carbocycles. The van der Waals surface area contributed by atoms with Crippen LogP contribution in [0.2, 0.25) is 0 Å². The third kappa shape index (κ3) is 4.77. The molecule has 1 aromatic rings. The van der Waals surface area contributed by atoms with Crippen molar-refractivity contribution in [3.8, 4) is 6.07 Å². The minimum absolute atomic E-state index is 0.339. The topological polar surface area (TPSA) is 85.2 Å². The Morgan fingerprint density at radius 2 is 1.96 bits per heavy atom. The third-order valence-electron chi connectivity index (χ3n) is 5.12. The van der Waals surface area contributed by atoms with Gasteiger partial charge < -0.3 is 10.6 Å². The summed E-state index contributed by atoms with van der Waals surface area (Å²) in [6.45, 7) is 2.68. The van der Waals surface area contributed by atoms with Crippen molar-refractivity contribution in [1.82, 2.24) is 10.2 Å². The van der Waals surface area contributed by atoms with E-state index in [2.05, 4.69) is 15.5 Å². The lowest BCUT2D eigenvalue weighted by Crippen LogP contribution is -2.45. The first-order valence-electron chi connectivity index (χ1n) is 9.07. The van der Waals surface area contributed by atoms with Crippen LogP contribution < -0.4 is 10.6 Å². The number of likely N-dealkylation sites (tertiary alicyclic amines) is 1. The number of hydrogen-bond donors (Lipinski definition) is 2. The van der Waals surface area contributed by atoms with Crippen molar-refractivity contribution in [1.29, 1.82) is 5.26 Å². The van der Waals surface area contributed by atoms with Gasteiger partial charge in [-0.05, 0) is 56.2 Å². The van der Waals surface area contributed by atoms with E-state index in [1.165, 1.54) is 17.9 Å². The summed E-state index contributed by atoms with van der Waals surface area (Å²) in [7, 11) is 0.